The summed E-state index contributed by atoms with van der Waals surface area (Å²) in [6.45, 7) is 3.36. The molecule has 2 unspecified atom stereocenters. The molecule has 2 atom stereocenters. The Morgan fingerprint density at radius 3 is 3.11 bits per heavy atom. The van der Waals surface area contributed by atoms with Gasteiger partial charge in [0.05, 0.1) is 17.7 Å². The topological polar surface area (TPSA) is 45.0 Å². The fourth-order valence-electron chi connectivity index (χ4n) is 2.22. The lowest BCUT2D eigenvalue weighted by Crippen LogP contribution is -2.36. The summed E-state index contributed by atoms with van der Waals surface area (Å²) in [6.07, 6.45) is 2.38. The quantitative estimate of drug-likeness (QED) is 0.889. The fourth-order valence-corrected chi connectivity index (χ4v) is 2.22. The van der Waals surface area contributed by atoms with E-state index in [4.69, 9.17) is 10.00 Å². The highest BCUT2D eigenvalue weighted by atomic mass is 19.1. The van der Waals surface area contributed by atoms with Crippen LogP contribution in [-0.2, 0) is 11.3 Å². The second-order valence-electron chi connectivity index (χ2n) is 4.63. The zero-order valence-electron chi connectivity index (χ0n) is 10.4. The van der Waals surface area contributed by atoms with Gasteiger partial charge in [-0.2, -0.15) is 5.26 Å². The number of nitriles is 1. The van der Waals surface area contributed by atoms with Gasteiger partial charge >= 0.3 is 0 Å². The van der Waals surface area contributed by atoms with Crippen LogP contribution in [0.15, 0.2) is 18.2 Å². The summed E-state index contributed by atoms with van der Waals surface area (Å²) in [6, 6.07) is 6.53. The summed E-state index contributed by atoms with van der Waals surface area (Å²) in [4.78, 5) is 0. The molecule has 0 amide bonds. The van der Waals surface area contributed by atoms with Gasteiger partial charge in [-0.05, 0) is 43.5 Å². The molecule has 0 spiro atoms. The summed E-state index contributed by atoms with van der Waals surface area (Å²) >= 11 is 0. The lowest BCUT2D eigenvalue weighted by atomic mass is 10.1. The van der Waals surface area contributed by atoms with E-state index in [0.29, 0.717) is 17.7 Å². The summed E-state index contributed by atoms with van der Waals surface area (Å²) in [5, 5.41) is 12.3. The molecule has 0 aliphatic carbocycles. The monoisotopic (exact) mass is 248 g/mol. The molecule has 1 fully saturated rings. The smallest absolute Gasteiger partial charge is 0.123 e. The van der Waals surface area contributed by atoms with E-state index in [9.17, 15) is 4.39 Å². The largest absolute Gasteiger partial charge is 0.377 e. The predicted octanol–water partition coefficient (Wildman–Crippen LogP) is 2.35. The number of nitrogens with zero attached hydrogens (tertiary/aromatic N) is 1. The van der Waals surface area contributed by atoms with Gasteiger partial charge in [-0.3, -0.25) is 0 Å². The standard InChI is InChI=1S/C14H17FN2O/c1-10(14-3-2-6-18-14)17-9-12-7-13(15)5-4-11(12)8-16/h4-5,7,10,14,17H,2-3,6,9H2,1H3. The molecule has 0 radical (unpaired) electrons. The van der Waals surface area contributed by atoms with E-state index in [-0.39, 0.29) is 18.0 Å². The van der Waals surface area contributed by atoms with Gasteiger partial charge in [-0.15, -0.1) is 0 Å². The van der Waals surface area contributed by atoms with Gasteiger partial charge in [0.1, 0.15) is 5.82 Å². The van der Waals surface area contributed by atoms with Crippen LogP contribution in [0.5, 0.6) is 0 Å². The van der Waals surface area contributed by atoms with Crippen molar-refractivity contribution in [3.63, 3.8) is 0 Å². The second-order valence-corrected chi connectivity index (χ2v) is 4.63. The van der Waals surface area contributed by atoms with Crippen LogP contribution in [-0.4, -0.2) is 18.8 Å². The van der Waals surface area contributed by atoms with Crippen LogP contribution in [0.2, 0.25) is 0 Å². The van der Waals surface area contributed by atoms with Crippen molar-refractivity contribution >= 4 is 0 Å². The lowest BCUT2D eigenvalue weighted by molar-refractivity contribution is 0.0832. The Bertz CT molecular complexity index is 450. The molecule has 0 aromatic heterocycles. The highest BCUT2D eigenvalue weighted by molar-refractivity contribution is 5.37. The maximum atomic E-state index is 13.1. The van der Waals surface area contributed by atoms with Crippen LogP contribution in [0.25, 0.3) is 0 Å². The highest BCUT2D eigenvalue weighted by Crippen LogP contribution is 2.16. The Morgan fingerprint density at radius 1 is 1.61 bits per heavy atom. The molecule has 2 rings (SSSR count). The van der Waals surface area contributed by atoms with E-state index >= 15 is 0 Å². The molecular weight excluding hydrogens is 231 g/mol. The number of rotatable bonds is 4. The molecule has 18 heavy (non-hydrogen) atoms. The summed E-state index contributed by atoms with van der Waals surface area (Å²) in [5.41, 5.74) is 1.21. The van der Waals surface area contributed by atoms with E-state index in [1.807, 2.05) is 0 Å². The first-order valence-corrected chi connectivity index (χ1v) is 6.24. The van der Waals surface area contributed by atoms with Gasteiger partial charge in [0, 0.05) is 19.2 Å². The molecule has 1 aliphatic rings. The average Bonchev–Trinajstić information content (AvgIpc) is 2.90. The molecule has 1 heterocycles. The van der Waals surface area contributed by atoms with Gasteiger partial charge in [0.2, 0.25) is 0 Å². The van der Waals surface area contributed by atoms with Crippen molar-refractivity contribution in [3.8, 4) is 6.07 Å². The molecular formula is C14H17FN2O. The third-order valence-corrected chi connectivity index (χ3v) is 3.32. The first-order chi connectivity index (χ1) is 8.70. The van der Waals surface area contributed by atoms with Gasteiger partial charge in [-0.1, -0.05) is 0 Å². The number of hydrogen-bond acceptors (Lipinski definition) is 3. The van der Waals surface area contributed by atoms with Gasteiger partial charge < -0.3 is 10.1 Å². The van der Waals surface area contributed by atoms with E-state index < -0.39 is 0 Å². The third kappa shape index (κ3) is 3.06. The fraction of sp³-hybridized carbons (Fsp3) is 0.500. The predicted molar refractivity (Wildman–Crippen MR) is 66.4 cm³/mol. The minimum atomic E-state index is -0.310. The number of nitrogens with one attached hydrogen (secondary N) is 1. The van der Waals surface area contributed by atoms with Crippen molar-refractivity contribution in [3.05, 3.63) is 35.1 Å². The van der Waals surface area contributed by atoms with Crippen LogP contribution in [0.3, 0.4) is 0 Å². The van der Waals surface area contributed by atoms with Crippen molar-refractivity contribution in [1.29, 1.82) is 5.26 Å². The Labute approximate surface area is 107 Å². The Kier molecular flexibility index (Phi) is 4.29. The molecule has 3 nitrogen and oxygen atoms in total. The Balaban J connectivity index is 1.97. The summed E-state index contributed by atoms with van der Waals surface area (Å²) < 4.78 is 18.7. The highest BCUT2D eigenvalue weighted by Gasteiger charge is 2.21. The lowest BCUT2D eigenvalue weighted by Gasteiger charge is -2.20. The molecule has 1 N–H and O–H groups in total. The maximum absolute atomic E-state index is 13.1. The van der Waals surface area contributed by atoms with Gasteiger partial charge in [-0.25, -0.2) is 4.39 Å². The van der Waals surface area contributed by atoms with Crippen molar-refractivity contribution in [1.82, 2.24) is 5.32 Å². The molecule has 0 bridgehead atoms. The first kappa shape index (κ1) is 13.0. The van der Waals surface area contributed by atoms with E-state index in [1.165, 1.54) is 18.2 Å². The minimum absolute atomic E-state index is 0.210. The second kappa shape index (κ2) is 5.94. The van der Waals surface area contributed by atoms with Crippen LogP contribution in [0, 0.1) is 17.1 Å². The van der Waals surface area contributed by atoms with Crippen LogP contribution in [0.1, 0.15) is 30.9 Å². The zero-order valence-corrected chi connectivity index (χ0v) is 10.4. The number of ether oxygens (including phenoxy) is 1. The minimum Gasteiger partial charge on any atom is -0.377 e. The molecule has 1 aliphatic heterocycles. The summed E-state index contributed by atoms with van der Waals surface area (Å²) in [7, 11) is 0. The molecule has 1 aromatic carbocycles. The molecule has 0 saturated carbocycles. The Hall–Kier alpha value is -1.44. The number of benzene rings is 1. The summed E-state index contributed by atoms with van der Waals surface area (Å²) in [5.74, 6) is -0.310. The molecule has 96 valence electrons. The zero-order chi connectivity index (χ0) is 13.0. The van der Waals surface area contributed by atoms with Crippen molar-refractivity contribution in [2.24, 2.45) is 0 Å². The van der Waals surface area contributed by atoms with Crippen molar-refractivity contribution in [2.75, 3.05) is 6.61 Å². The molecule has 4 heteroatoms. The van der Waals surface area contributed by atoms with Gasteiger partial charge in [0.15, 0.2) is 0 Å². The first-order valence-electron chi connectivity index (χ1n) is 6.24. The Morgan fingerprint density at radius 2 is 2.44 bits per heavy atom. The van der Waals surface area contributed by atoms with Crippen LogP contribution < -0.4 is 5.32 Å². The van der Waals surface area contributed by atoms with Crippen molar-refractivity contribution in [2.45, 2.75) is 38.5 Å². The normalized spacial score (nSPS) is 20.6. The van der Waals surface area contributed by atoms with Crippen molar-refractivity contribution < 1.29 is 9.13 Å². The SMILES string of the molecule is CC(NCc1cc(F)ccc1C#N)C1CCCO1. The van der Waals surface area contributed by atoms with E-state index in [1.54, 1.807) is 0 Å². The van der Waals surface area contributed by atoms with Gasteiger partial charge in [0.25, 0.3) is 0 Å². The number of hydrogen-bond donors (Lipinski definition) is 1. The van der Waals surface area contributed by atoms with E-state index in [2.05, 4.69) is 18.3 Å². The third-order valence-electron chi connectivity index (χ3n) is 3.32. The average molecular weight is 248 g/mol. The van der Waals surface area contributed by atoms with Crippen LogP contribution >= 0.6 is 0 Å². The molecule has 1 aromatic rings. The molecule has 1 saturated heterocycles. The maximum Gasteiger partial charge on any atom is 0.123 e. The van der Waals surface area contributed by atoms with Crippen LogP contribution in [0.4, 0.5) is 4.39 Å². The number of halogens is 1. The van der Waals surface area contributed by atoms with E-state index in [0.717, 1.165) is 19.4 Å².